The third-order valence-corrected chi connectivity index (χ3v) is 3.09. The highest BCUT2D eigenvalue weighted by Crippen LogP contribution is 2.20. The van der Waals surface area contributed by atoms with E-state index >= 15 is 0 Å². The molecular formula is C16H18N2O2. The van der Waals surface area contributed by atoms with Gasteiger partial charge >= 0.3 is 0 Å². The molecule has 0 aromatic heterocycles. The van der Waals surface area contributed by atoms with Crippen molar-refractivity contribution in [3.63, 3.8) is 0 Å². The summed E-state index contributed by atoms with van der Waals surface area (Å²) in [5.41, 5.74) is 8.62. The smallest absolute Gasteiger partial charge is 0.259 e. The molecule has 4 nitrogen and oxygen atoms in total. The average molecular weight is 270 g/mol. The van der Waals surface area contributed by atoms with Gasteiger partial charge in [0.15, 0.2) is 0 Å². The summed E-state index contributed by atoms with van der Waals surface area (Å²) in [5, 5.41) is 12.5. The van der Waals surface area contributed by atoms with Crippen LogP contribution in [0.15, 0.2) is 42.5 Å². The molecule has 0 radical (unpaired) electrons. The fourth-order valence-electron chi connectivity index (χ4n) is 1.90. The van der Waals surface area contributed by atoms with Crippen LogP contribution in [0.2, 0.25) is 0 Å². The number of phenols is 1. The number of benzene rings is 2. The quantitative estimate of drug-likeness (QED) is 0.802. The average Bonchev–Trinajstić information content (AvgIpc) is 2.42. The van der Waals surface area contributed by atoms with Crippen molar-refractivity contribution >= 4 is 11.6 Å². The Hall–Kier alpha value is -2.33. The Labute approximate surface area is 118 Å². The van der Waals surface area contributed by atoms with Crippen molar-refractivity contribution in [2.75, 3.05) is 5.32 Å². The second kappa shape index (κ2) is 5.75. The molecule has 20 heavy (non-hydrogen) atoms. The van der Waals surface area contributed by atoms with Crippen molar-refractivity contribution < 1.29 is 9.90 Å². The number of phenolic OH excluding ortho intramolecular Hbond substituents is 1. The summed E-state index contributed by atoms with van der Waals surface area (Å²) in [4.78, 5) is 12.1. The lowest BCUT2D eigenvalue weighted by atomic mass is 10.1. The molecule has 0 fully saturated rings. The van der Waals surface area contributed by atoms with E-state index in [9.17, 15) is 9.90 Å². The van der Waals surface area contributed by atoms with Crippen LogP contribution in [0.3, 0.4) is 0 Å². The van der Waals surface area contributed by atoms with Crippen LogP contribution in [0.4, 0.5) is 5.69 Å². The van der Waals surface area contributed by atoms with Gasteiger partial charge in [0.05, 0.1) is 5.56 Å². The Balaban J connectivity index is 2.17. The van der Waals surface area contributed by atoms with E-state index in [-0.39, 0.29) is 23.3 Å². The summed E-state index contributed by atoms with van der Waals surface area (Å²) in [5.74, 6) is -0.361. The Morgan fingerprint density at radius 1 is 1.20 bits per heavy atom. The van der Waals surface area contributed by atoms with Gasteiger partial charge in [-0.2, -0.15) is 0 Å². The first-order valence-corrected chi connectivity index (χ1v) is 6.44. The molecule has 0 heterocycles. The highest BCUT2D eigenvalue weighted by molar-refractivity contribution is 6.06. The Kier molecular flexibility index (Phi) is 4.05. The Bertz CT molecular complexity index is 619. The molecule has 4 N–H and O–H groups in total. The first-order chi connectivity index (χ1) is 9.47. The molecule has 1 unspecified atom stereocenters. The zero-order valence-corrected chi connectivity index (χ0v) is 11.6. The number of carbonyl (C=O) groups is 1. The fraction of sp³-hybridized carbons (Fsp3) is 0.188. The van der Waals surface area contributed by atoms with Gasteiger partial charge in [0.2, 0.25) is 0 Å². The van der Waals surface area contributed by atoms with Crippen molar-refractivity contribution in [2.24, 2.45) is 5.73 Å². The van der Waals surface area contributed by atoms with Crippen LogP contribution in [0.1, 0.15) is 34.5 Å². The predicted octanol–water partition coefficient (Wildman–Crippen LogP) is 2.97. The van der Waals surface area contributed by atoms with Gasteiger partial charge < -0.3 is 16.2 Å². The van der Waals surface area contributed by atoms with Crippen molar-refractivity contribution in [1.82, 2.24) is 0 Å². The lowest BCUT2D eigenvalue weighted by Crippen LogP contribution is -2.12. The number of hydrogen-bond donors (Lipinski definition) is 3. The van der Waals surface area contributed by atoms with E-state index in [1.54, 1.807) is 24.3 Å². The topological polar surface area (TPSA) is 75.3 Å². The van der Waals surface area contributed by atoms with Crippen molar-refractivity contribution in [1.29, 1.82) is 0 Å². The molecule has 1 atom stereocenters. The van der Waals surface area contributed by atoms with Crippen LogP contribution in [0, 0.1) is 6.92 Å². The molecule has 2 aromatic carbocycles. The number of nitrogens with two attached hydrogens (primary N) is 1. The zero-order chi connectivity index (χ0) is 14.7. The van der Waals surface area contributed by atoms with Gasteiger partial charge in [0.25, 0.3) is 5.91 Å². The minimum atomic E-state index is -0.334. The molecule has 2 aromatic rings. The molecule has 0 aliphatic rings. The van der Waals surface area contributed by atoms with Crippen molar-refractivity contribution in [3.05, 3.63) is 59.2 Å². The van der Waals surface area contributed by atoms with Crippen LogP contribution < -0.4 is 11.1 Å². The lowest BCUT2D eigenvalue weighted by Gasteiger charge is -2.09. The molecular weight excluding hydrogens is 252 g/mol. The monoisotopic (exact) mass is 270 g/mol. The Morgan fingerprint density at radius 2 is 1.85 bits per heavy atom. The van der Waals surface area contributed by atoms with E-state index < -0.39 is 0 Å². The number of aryl methyl sites for hydroxylation is 1. The molecule has 1 amide bonds. The number of nitrogens with one attached hydrogen (secondary N) is 1. The molecule has 0 aliphatic heterocycles. The number of rotatable bonds is 3. The van der Waals surface area contributed by atoms with E-state index in [0.717, 1.165) is 11.1 Å². The van der Waals surface area contributed by atoms with E-state index in [1.165, 1.54) is 6.07 Å². The fourth-order valence-corrected chi connectivity index (χ4v) is 1.90. The lowest BCUT2D eigenvalue weighted by molar-refractivity contribution is 0.102. The van der Waals surface area contributed by atoms with E-state index in [0.29, 0.717) is 5.69 Å². The number of hydrogen-bond acceptors (Lipinski definition) is 3. The van der Waals surface area contributed by atoms with E-state index in [2.05, 4.69) is 5.32 Å². The number of carbonyl (C=O) groups excluding carboxylic acids is 1. The van der Waals surface area contributed by atoms with E-state index in [1.807, 2.05) is 26.0 Å². The number of anilines is 1. The van der Waals surface area contributed by atoms with Gasteiger partial charge in [-0.1, -0.05) is 23.8 Å². The molecule has 0 spiro atoms. The molecule has 2 rings (SSSR count). The molecule has 0 saturated heterocycles. The second-order valence-corrected chi connectivity index (χ2v) is 4.89. The standard InChI is InChI=1S/C16H18N2O2/c1-10-3-8-15(19)14(9-10)16(20)18-13-6-4-12(5-7-13)11(2)17/h3-9,11,19H,17H2,1-2H3,(H,18,20). The van der Waals surface area contributed by atoms with Crippen LogP contribution >= 0.6 is 0 Å². The second-order valence-electron chi connectivity index (χ2n) is 4.89. The van der Waals surface area contributed by atoms with Crippen LogP contribution in [0.5, 0.6) is 5.75 Å². The molecule has 0 bridgehead atoms. The summed E-state index contributed by atoms with van der Waals surface area (Å²) in [6.45, 7) is 3.77. The van der Waals surface area contributed by atoms with Crippen LogP contribution in [-0.2, 0) is 0 Å². The molecule has 0 saturated carbocycles. The third-order valence-electron chi connectivity index (χ3n) is 3.09. The van der Waals surface area contributed by atoms with Gasteiger partial charge in [-0.25, -0.2) is 0 Å². The Morgan fingerprint density at radius 3 is 2.45 bits per heavy atom. The maximum absolute atomic E-state index is 12.1. The SMILES string of the molecule is Cc1ccc(O)c(C(=O)Nc2ccc(C(C)N)cc2)c1. The minimum Gasteiger partial charge on any atom is -0.507 e. The zero-order valence-electron chi connectivity index (χ0n) is 11.6. The molecule has 4 heteroatoms. The van der Waals surface area contributed by atoms with Gasteiger partial charge in [-0.3, -0.25) is 4.79 Å². The third kappa shape index (κ3) is 3.16. The highest BCUT2D eigenvalue weighted by atomic mass is 16.3. The van der Waals surface area contributed by atoms with E-state index in [4.69, 9.17) is 5.73 Å². The molecule has 104 valence electrons. The summed E-state index contributed by atoms with van der Waals surface area (Å²) in [6, 6.07) is 12.2. The normalized spacial score (nSPS) is 11.9. The minimum absolute atomic E-state index is 0.0275. The van der Waals surface area contributed by atoms with Crippen LogP contribution in [-0.4, -0.2) is 11.0 Å². The first kappa shape index (κ1) is 14.1. The number of aromatic hydroxyl groups is 1. The van der Waals surface area contributed by atoms with Gasteiger partial charge in [-0.15, -0.1) is 0 Å². The number of amides is 1. The van der Waals surface area contributed by atoms with Gasteiger partial charge in [-0.05, 0) is 43.7 Å². The summed E-state index contributed by atoms with van der Waals surface area (Å²) < 4.78 is 0. The maximum atomic E-state index is 12.1. The van der Waals surface area contributed by atoms with Gasteiger partial charge in [0, 0.05) is 11.7 Å². The predicted molar refractivity (Wildman–Crippen MR) is 79.8 cm³/mol. The van der Waals surface area contributed by atoms with Crippen LogP contribution in [0.25, 0.3) is 0 Å². The largest absolute Gasteiger partial charge is 0.507 e. The van der Waals surface area contributed by atoms with Crippen molar-refractivity contribution in [3.8, 4) is 5.75 Å². The summed E-state index contributed by atoms with van der Waals surface area (Å²) >= 11 is 0. The maximum Gasteiger partial charge on any atom is 0.259 e. The summed E-state index contributed by atoms with van der Waals surface area (Å²) in [7, 11) is 0. The molecule has 0 aliphatic carbocycles. The summed E-state index contributed by atoms with van der Waals surface area (Å²) in [6.07, 6.45) is 0. The highest BCUT2D eigenvalue weighted by Gasteiger charge is 2.11. The van der Waals surface area contributed by atoms with Gasteiger partial charge in [0.1, 0.15) is 5.75 Å². The first-order valence-electron chi connectivity index (χ1n) is 6.44. The van der Waals surface area contributed by atoms with Crippen molar-refractivity contribution in [2.45, 2.75) is 19.9 Å².